The van der Waals surface area contributed by atoms with E-state index in [-0.39, 0.29) is 0 Å². The number of nitrogens with zero attached hydrogens (tertiary/aromatic N) is 1. The van der Waals surface area contributed by atoms with Gasteiger partial charge >= 0.3 is 0 Å². The summed E-state index contributed by atoms with van der Waals surface area (Å²) < 4.78 is 0. The molecule has 0 fully saturated rings. The van der Waals surface area contributed by atoms with Crippen LogP contribution in [0.15, 0.2) is 78.9 Å². The van der Waals surface area contributed by atoms with Crippen LogP contribution in [-0.4, -0.2) is 13.1 Å². The number of fused-ring (bicyclic) bond motifs is 2. The Balaban J connectivity index is 1.89. The molecule has 0 unspecified atom stereocenters. The van der Waals surface area contributed by atoms with Crippen LogP contribution in [0, 0.1) is 0 Å². The van der Waals surface area contributed by atoms with E-state index in [2.05, 4.69) is 110 Å². The third-order valence-corrected chi connectivity index (χ3v) is 5.28. The highest BCUT2D eigenvalue weighted by Gasteiger charge is 2.07. The summed E-state index contributed by atoms with van der Waals surface area (Å²) in [6.45, 7) is 6.45. The standard InChI is InChI=1S/C26H25N/c1-3-27(4-2)26-16-10-7-11-20(26)17-18-25-23-14-8-5-12-21(23)19-22-13-6-9-15-24(22)25/h5-19H,3-4H2,1-2H3/b18-17+. The molecule has 0 aliphatic carbocycles. The van der Waals surface area contributed by atoms with E-state index in [1.165, 1.54) is 38.4 Å². The van der Waals surface area contributed by atoms with Crippen molar-refractivity contribution < 1.29 is 0 Å². The zero-order valence-corrected chi connectivity index (χ0v) is 16.0. The van der Waals surface area contributed by atoms with Crippen molar-refractivity contribution in [3.63, 3.8) is 0 Å². The molecule has 0 aromatic heterocycles. The first-order valence-electron chi connectivity index (χ1n) is 9.74. The van der Waals surface area contributed by atoms with Gasteiger partial charge in [-0.3, -0.25) is 0 Å². The first-order chi connectivity index (χ1) is 13.3. The summed E-state index contributed by atoms with van der Waals surface area (Å²) in [5.74, 6) is 0. The van der Waals surface area contributed by atoms with Crippen LogP contribution in [-0.2, 0) is 0 Å². The molecule has 0 spiro atoms. The Labute approximate surface area is 161 Å². The quantitative estimate of drug-likeness (QED) is 0.276. The summed E-state index contributed by atoms with van der Waals surface area (Å²) in [5.41, 5.74) is 3.85. The van der Waals surface area contributed by atoms with Gasteiger partial charge < -0.3 is 4.90 Å². The third kappa shape index (κ3) is 3.33. The van der Waals surface area contributed by atoms with Gasteiger partial charge in [0.15, 0.2) is 0 Å². The average molecular weight is 351 g/mol. The Bertz CT molecular complexity index is 1050. The van der Waals surface area contributed by atoms with Gasteiger partial charge in [0.2, 0.25) is 0 Å². The molecule has 4 aromatic rings. The average Bonchev–Trinajstić information content (AvgIpc) is 2.73. The summed E-state index contributed by atoms with van der Waals surface area (Å²) in [6, 6.07) is 28.3. The van der Waals surface area contributed by atoms with E-state index >= 15 is 0 Å². The Kier molecular flexibility index (Phi) is 4.93. The summed E-state index contributed by atoms with van der Waals surface area (Å²) in [4.78, 5) is 2.40. The molecule has 1 heteroatoms. The largest absolute Gasteiger partial charge is 0.372 e. The maximum atomic E-state index is 2.40. The molecule has 4 rings (SSSR count). The summed E-state index contributed by atoms with van der Waals surface area (Å²) in [7, 11) is 0. The van der Waals surface area contributed by atoms with Crippen LogP contribution in [0.25, 0.3) is 33.7 Å². The highest BCUT2D eigenvalue weighted by atomic mass is 15.1. The van der Waals surface area contributed by atoms with Crippen molar-refractivity contribution in [2.24, 2.45) is 0 Å². The molecule has 0 aliphatic heterocycles. The van der Waals surface area contributed by atoms with Gasteiger partial charge in [-0.1, -0.05) is 78.9 Å². The summed E-state index contributed by atoms with van der Waals surface area (Å²) in [6.07, 6.45) is 4.55. The number of hydrogen-bond donors (Lipinski definition) is 0. The second-order valence-electron chi connectivity index (χ2n) is 6.80. The van der Waals surface area contributed by atoms with E-state index in [4.69, 9.17) is 0 Å². The fourth-order valence-corrected chi connectivity index (χ4v) is 3.88. The van der Waals surface area contributed by atoms with E-state index in [0.29, 0.717) is 0 Å². The van der Waals surface area contributed by atoms with Crippen molar-refractivity contribution >= 4 is 39.4 Å². The minimum atomic E-state index is 1.01. The van der Waals surface area contributed by atoms with E-state index < -0.39 is 0 Å². The smallest absolute Gasteiger partial charge is 0.0439 e. The first kappa shape index (κ1) is 17.4. The maximum absolute atomic E-state index is 2.40. The molecular formula is C26H25N. The number of para-hydroxylation sites is 1. The topological polar surface area (TPSA) is 3.24 Å². The Morgan fingerprint density at radius 2 is 1.22 bits per heavy atom. The van der Waals surface area contributed by atoms with E-state index in [9.17, 15) is 0 Å². The molecule has 0 amide bonds. The van der Waals surface area contributed by atoms with Crippen LogP contribution >= 0.6 is 0 Å². The van der Waals surface area contributed by atoms with E-state index in [1.54, 1.807) is 0 Å². The van der Waals surface area contributed by atoms with Crippen molar-refractivity contribution in [1.82, 2.24) is 0 Å². The maximum Gasteiger partial charge on any atom is 0.0439 e. The normalized spacial score (nSPS) is 11.5. The SMILES string of the molecule is CCN(CC)c1ccccc1/C=C/c1c2ccccc2cc2ccccc12. The zero-order chi connectivity index (χ0) is 18.6. The Morgan fingerprint density at radius 1 is 0.667 bits per heavy atom. The predicted molar refractivity (Wildman–Crippen MR) is 120 cm³/mol. The summed E-state index contributed by atoms with van der Waals surface area (Å²) >= 11 is 0. The Hall–Kier alpha value is -3.06. The van der Waals surface area contributed by atoms with Gasteiger partial charge in [-0.25, -0.2) is 0 Å². The molecule has 0 heterocycles. The van der Waals surface area contributed by atoms with Crippen LogP contribution in [0.1, 0.15) is 25.0 Å². The lowest BCUT2D eigenvalue weighted by molar-refractivity contribution is 0.865. The Morgan fingerprint density at radius 3 is 1.85 bits per heavy atom. The molecule has 0 bridgehead atoms. The van der Waals surface area contributed by atoms with Gasteiger partial charge in [-0.05, 0) is 58.7 Å². The van der Waals surface area contributed by atoms with Gasteiger partial charge in [-0.15, -0.1) is 0 Å². The number of benzene rings is 4. The minimum Gasteiger partial charge on any atom is -0.372 e. The molecular weight excluding hydrogens is 326 g/mol. The molecule has 4 aromatic carbocycles. The fourth-order valence-electron chi connectivity index (χ4n) is 3.88. The van der Waals surface area contributed by atoms with E-state index in [0.717, 1.165) is 13.1 Å². The monoisotopic (exact) mass is 351 g/mol. The predicted octanol–water partition coefficient (Wildman–Crippen LogP) is 7.01. The number of anilines is 1. The molecule has 134 valence electrons. The van der Waals surface area contributed by atoms with Crippen LogP contribution in [0.2, 0.25) is 0 Å². The first-order valence-corrected chi connectivity index (χ1v) is 9.74. The van der Waals surface area contributed by atoms with Gasteiger partial charge in [0.25, 0.3) is 0 Å². The second kappa shape index (κ2) is 7.67. The van der Waals surface area contributed by atoms with Crippen molar-refractivity contribution in [1.29, 1.82) is 0 Å². The van der Waals surface area contributed by atoms with Crippen molar-refractivity contribution in [2.75, 3.05) is 18.0 Å². The third-order valence-electron chi connectivity index (χ3n) is 5.28. The second-order valence-corrected chi connectivity index (χ2v) is 6.80. The van der Waals surface area contributed by atoms with Gasteiger partial charge in [0.1, 0.15) is 0 Å². The molecule has 0 saturated heterocycles. The number of rotatable bonds is 5. The van der Waals surface area contributed by atoms with Crippen molar-refractivity contribution in [3.05, 3.63) is 90.0 Å². The van der Waals surface area contributed by atoms with Crippen LogP contribution in [0.3, 0.4) is 0 Å². The summed E-state index contributed by atoms with van der Waals surface area (Å²) in [5, 5.41) is 5.17. The molecule has 0 N–H and O–H groups in total. The van der Waals surface area contributed by atoms with Gasteiger partial charge in [0.05, 0.1) is 0 Å². The fraction of sp³-hybridized carbons (Fsp3) is 0.154. The molecule has 27 heavy (non-hydrogen) atoms. The van der Waals surface area contributed by atoms with Gasteiger partial charge in [-0.2, -0.15) is 0 Å². The van der Waals surface area contributed by atoms with Crippen LogP contribution in [0.4, 0.5) is 5.69 Å². The van der Waals surface area contributed by atoms with Gasteiger partial charge in [0, 0.05) is 18.8 Å². The minimum absolute atomic E-state index is 1.01. The lowest BCUT2D eigenvalue weighted by Gasteiger charge is -2.23. The van der Waals surface area contributed by atoms with Crippen LogP contribution in [0.5, 0.6) is 0 Å². The van der Waals surface area contributed by atoms with Crippen molar-refractivity contribution in [2.45, 2.75) is 13.8 Å². The lowest BCUT2D eigenvalue weighted by Crippen LogP contribution is -2.22. The lowest BCUT2D eigenvalue weighted by atomic mass is 9.96. The molecule has 1 nitrogen and oxygen atoms in total. The molecule has 0 aliphatic rings. The molecule has 0 radical (unpaired) electrons. The highest BCUT2D eigenvalue weighted by Crippen LogP contribution is 2.31. The molecule has 0 saturated carbocycles. The van der Waals surface area contributed by atoms with E-state index in [1.807, 2.05) is 0 Å². The van der Waals surface area contributed by atoms with Crippen molar-refractivity contribution in [3.8, 4) is 0 Å². The zero-order valence-electron chi connectivity index (χ0n) is 16.0. The van der Waals surface area contributed by atoms with Crippen LogP contribution < -0.4 is 4.90 Å². The molecule has 0 atom stereocenters. The highest BCUT2D eigenvalue weighted by molar-refractivity contribution is 6.08. The number of hydrogen-bond acceptors (Lipinski definition) is 1.